The van der Waals surface area contributed by atoms with Crippen molar-refractivity contribution in [3.05, 3.63) is 23.7 Å². The second-order valence-corrected chi connectivity index (χ2v) is 3.93. The Morgan fingerprint density at radius 3 is 2.80 bits per heavy atom. The number of hydrogen-bond donors (Lipinski definition) is 2. The van der Waals surface area contributed by atoms with E-state index in [9.17, 15) is 5.11 Å². The summed E-state index contributed by atoms with van der Waals surface area (Å²) in [5.74, 6) is 1.33. The van der Waals surface area contributed by atoms with Gasteiger partial charge in [0.05, 0.1) is 13.2 Å². The van der Waals surface area contributed by atoms with Gasteiger partial charge in [0.25, 0.3) is 0 Å². The Morgan fingerprint density at radius 2 is 2.20 bits per heavy atom. The molecule has 1 heterocycles. The van der Waals surface area contributed by atoms with E-state index in [4.69, 9.17) is 14.3 Å². The van der Waals surface area contributed by atoms with Gasteiger partial charge >= 0.3 is 0 Å². The molecule has 84 valence electrons. The van der Waals surface area contributed by atoms with Crippen LogP contribution in [0.1, 0.15) is 30.8 Å². The van der Waals surface area contributed by atoms with Crippen molar-refractivity contribution in [2.75, 3.05) is 13.2 Å². The predicted molar refractivity (Wildman–Crippen MR) is 53.2 cm³/mol. The van der Waals surface area contributed by atoms with Crippen LogP contribution in [-0.4, -0.2) is 23.4 Å². The molecule has 15 heavy (non-hydrogen) atoms. The van der Waals surface area contributed by atoms with Crippen LogP contribution in [0, 0.1) is 0 Å². The minimum absolute atomic E-state index is 0.0114. The SMILES string of the molecule is OCCOCc1ccc(C2(O)CCC2)o1. The zero-order valence-corrected chi connectivity index (χ0v) is 8.61. The average Bonchev–Trinajstić information content (AvgIpc) is 2.64. The number of ether oxygens (including phenoxy) is 1. The van der Waals surface area contributed by atoms with Crippen molar-refractivity contribution in [1.29, 1.82) is 0 Å². The van der Waals surface area contributed by atoms with Crippen molar-refractivity contribution in [2.45, 2.75) is 31.5 Å². The molecule has 1 aliphatic rings. The summed E-state index contributed by atoms with van der Waals surface area (Å²) in [6.07, 6.45) is 2.60. The van der Waals surface area contributed by atoms with Gasteiger partial charge in [-0.25, -0.2) is 0 Å². The first-order chi connectivity index (χ1) is 7.24. The molecule has 0 bridgehead atoms. The first kappa shape index (κ1) is 10.7. The van der Waals surface area contributed by atoms with Gasteiger partial charge in [0.1, 0.15) is 23.7 Å². The highest BCUT2D eigenvalue weighted by molar-refractivity contribution is 5.16. The van der Waals surface area contributed by atoms with Gasteiger partial charge < -0.3 is 19.4 Å². The van der Waals surface area contributed by atoms with Crippen LogP contribution in [0.2, 0.25) is 0 Å². The van der Waals surface area contributed by atoms with Crippen molar-refractivity contribution in [2.24, 2.45) is 0 Å². The van der Waals surface area contributed by atoms with Crippen molar-refractivity contribution >= 4 is 0 Å². The molecule has 1 aromatic rings. The third-order valence-corrected chi connectivity index (χ3v) is 2.78. The van der Waals surface area contributed by atoms with Crippen molar-refractivity contribution in [3.63, 3.8) is 0 Å². The molecule has 1 saturated carbocycles. The monoisotopic (exact) mass is 212 g/mol. The smallest absolute Gasteiger partial charge is 0.135 e. The lowest BCUT2D eigenvalue weighted by molar-refractivity contribution is -0.0584. The molecule has 1 fully saturated rings. The molecule has 2 N–H and O–H groups in total. The second kappa shape index (κ2) is 4.35. The van der Waals surface area contributed by atoms with Gasteiger partial charge in [0.15, 0.2) is 0 Å². The molecule has 0 aromatic carbocycles. The maximum Gasteiger partial charge on any atom is 0.135 e. The van der Waals surface area contributed by atoms with Crippen LogP contribution < -0.4 is 0 Å². The summed E-state index contributed by atoms with van der Waals surface area (Å²) in [5, 5.41) is 18.5. The van der Waals surface area contributed by atoms with Crippen molar-refractivity contribution in [3.8, 4) is 0 Å². The van der Waals surface area contributed by atoms with Gasteiger partial charge in [-0.05, 0) is 31.4 Å². The third kappa shape index (κ3) is 2.22. The van der Waals surface area contributed by atoms with Gasteiger partial charge in [0.2, 0.25) is 0 Å². The summed E-state index contributed by atoms with van der Waals surface area (Å²) in [7, 11) is 0. The molecule has 1 aromatic heterocycles. The molecule has 2 rings (SSSR count). The van der Waals surface area contributed by atoms with Crippen molar-refractivity contribution in [1.82, 2.24) is 0 Å². The van der Waals surface area contributed by atoms with Crippen LogP contribution in [0.25, 0.3) is 0 Å². The Bertz CT molecular complexity index is 314. The van der Waals surface area contributed by atoms with Crippen LogP contribution >= 0.6 is 0 Å². The summed E-state index contributed by atoms with van der Waals surface area (Å²) in [4.78, 5) is 0. The van der Waals surface area contributed by atoms with Crippen LogP contribution in [0.15, 0.2) is 16.5 Å². The van der Waals surface area contributed by atoms with E-state index in [1.165, 1.54) is 0 Å². The molecule has 1 aliphatic carbocycles. The number of aliphatic hydroxyl groups is 2. The molecule has 0 atom stereocenters. The lowest BCUT2D eigenvalue weighted by atomic mass is 9.78. The summed E-state index contributed by atoms with van der Waals surface area (Å²) in [6, 6.07) is 3.61. The quantitative estimate of drug-likeness (QED) is 0.719. The van der Waals surface area contributed by atoms with Gasteiger partial charge in [-0.3, -0.25) is 0 Å². The van der Waals surface area contributed by atoms with Gasteiger partial charge in [-0.15, -0.1) is 0 Å². The van der Waals surface area contributed by atoms with Crippen LogP contribution in [0.4, 0.5) is 0 Å². The normalized spacial score (nSPS) is 18.8. The highest BCUT2D eigenvalue weighted by atomic mass is 16.5. The van der Waals surface area contributed by atoms with E-state index in [-0.39, 0.29) is 6.61 Å². The molecular weight excluding hydrogens is 196 g/mol. The second-order valence-electron chi connectivity index (χ2n) is 3.93. The fourth-order valence-electron chi connectivity index (χ4n) is 1.70. The summed E-state index contributed by atoms with van der Waals surface area (Å²) >= 11 is 0. The Kier molecular flexibility index (Phi) is 3.09. The van der Waals surface area contributed by atoms with E-state index >= 15 is 0 Å². The molecule has 0 spiro atoms. The zero-order chi connectivity index (χ0) is 10.7. The fraction of sp³-hybridized carbons (Fsp3) is 0.636. The highest BCUT2D eigenvalue weighted by Gasteiger charge is 2.39. The standard InChI is InChI=1S/C11H16O4/c12-6-7-14-8-9-2-3-10(15-9)11(13)4-1-5-11/h2-3,12-13H,1,4-8H2. The molecule has 0 saturated heterocycles. The highest BCUT2D eigenvalue weighted by Crippen LogP contribution is 2.41. The summed E-state index contributed by atoms with van der Waals surface area (Å²) in [5.41, 5.74) is -0.741. The topological polar surface area (TPSA) is 62.8 Å². The van der Waals surface area contributed by atoms with E-state index in [0.717, 1.165) is 19.3 Å². The largest absolute Gasteiger partial charge is 0.461 e. The zero-order valence-electron chi connectivity index (χ0n) is 8.61. The first-order valence-corrected chi connectivity index (χ1v) is 5.25. The van der Waals surface area contributed by atoms with Crippen LogP contribution in [0.5, 0.6) is 0 Å². The maximum absolute atomic E-state index is 9.99. The van der Waals surface area contributed by atoms with E-state index < -0.39 is 5.60 Å². The Morgan fingerprint density at radius 1 is 1.40 bits per heavy atom. The summed E-state index contributed by atoms with van der Waals surface area (Å²) < 4.78 is 10.6. The Labute approximate surface area is 88.5 Å². The average molecular weight is 212 g/mol. The van der Waals surface area contributed by atoms with E-state index in [2.05, 4.69) is 0 Å². The molecule has 0 amide bonds. The molecule has 4 heteroatoms. The van der Waals surface area contributed by atoms with Gasteiger partial charge in [0, 0.05) is 0 Å². The fourth-order valence-corrected chi connectivity index (χ4v) is 1.70. The molecule has 0 unspecified atom stereocenters. The molecule has 4 nitrogen and oxygen atoms in total. The van der Waals surface area contributed by atoms with E-state index in [1.54, 1.807) is 6.07 Å². The Balaban J connectivity index is 1.92. The maximum atomic E-state index is 9.99. The van der Waals surface area contributed by atoms with E-state index in [1.807, 2.05) is 6.07 Å². The van der Waals surface area contributed by atoms with Crippen molar-refractivity contribution < 1.29 is 19.4 Å². The minimum atomic E-state index is -0.741. The molecule has 0 radical (unpaired) electrons. The molecular formula is C11H16O4. The summed E-state index contributed by atoms with van der Waals surface area (Å²) in [6.45, 7) is 0.661. The minimum Gasteiger partial charge on any atom is -0.461 e. The van der Waals surface area contributed by atoms with E-state index in [0.29, 0.717) is 24.7 Å². The lowest BCUT2D eigenvalue weighted by Gasteiger charge is -2.34. The number of furan rings is 1. The first-order valence-electron chi connectivity index (χ1n) is 5.25. The van der Waals surface area contributed by atoms with Gasteiger partial charge in [-0.2, -0.15) is 0 Å². The number of aliphatic hydroxyl groups excluding tert-OH is 1. The molecule has 0 aliphatic heterocycles. The lowest BCUT2D eigenvalue weighted by Crippen LogP contribution is -2.32. The van der Waals surface area contributed by atoms with Crippen LogP contribution in [0.3, 0.4) is 0 Å². The number of rotatable bonds is 5. The Hall–Kier alpha value is -0.840. The van der Waals surface area contributed by atoms with Crippen LogP contribution in [-0.2, 0) is 16.9 Å². The predicted octanol–water partition coefficient (Wildman–Crippen LogP) is 1.16. The van der Waals surface area contributed by atoms with Gasteiger partial charge in [-0.1, -0.05) is 0 Å². The third-order valence-electron chi connectivity index (χ3n) is 2.78. The number of hydrogen-bond acceptors (Lipinski definition) is 4.